The molecule has 0 atom stereocenters. The summed E-state index contributed by atoms with van der Waals surface area (Å²) in [5, 5.41) is 8.06. The Morgan fingerprint density at radius 1 is 0.535 bits per heavy atom. The van der Waals surface area contributed by atoms with Crippen LogP contribution >= 0.6 is 11.3 Å². The Kier molecular flexibility index (Phi) is 4.57. The fourth-order valence-corrected chi connectivity index (χ4v) is 7.88. The van der Waals surface area contributed by atoms with Gasteiger partial charge in [0.25, 0.3) is 0 Å². The van der Waals surface area contributed by atoms with Crippen molar-refractivity contribution in [2.45, 2.75) is 0 Å². The highest BCUT2D eigenvalue weighted by molar-refractivity contribution is 7.26. The number of para-hydroxylation sites is 4. The van der Waals surface area contributed by atoms with E-state index in [2.05, 4.69) is 114 Å². The topological polar surface area (TPSA) is 43.9 Å². The summed E-state index contributed by atoms with van der Waals surface area (Å²) in [6, 6.07) is 44.6. The van der Waals surface area contributed by atoms with E-state index in [1.807, 2.05) is 29.5 Å². The minimum absolute atomic E-state index is 0.649. The predicted octanol–water partition coefficient (Wildman–Crippen LogP) is 10.7. The zero-order valence-electron chi connectivity index (χ0n) is 22.8. The molecule has 4 nitrogen and oxygen atoms in total. The van der Waals surface area contributed by atoms with Gasteiger partial charge in [-0.3, -0.25) is 4.57 Å². The normalized spacial score (nSPS) is 12.2. The van der Waals surface area contributed by atoms with E-state index in [-0.39, 0.29) is 0 Å². The van der Waals surface area contributed by atoms with Gasteiger partial charge in [0.2, 0.25) is 5.95 Å². The second-order valence-electron chi connectivity index (χ2n) is 11.0. The van der Waals surface area contributed by atoms with Crippen LogP contribution in [0.3, 0.4) is 0 Å². The number of nitrogens with zero attached hydrogens (tertiary/aromatic N) is 3. The Bertz CT molecular complexity index is 2750. The van der Waals surface area contributed by atoms with Crippen molar-refractivity contribution < 1.29 is 4.42 Å². The number of benzene rings is 6. The summed E-state index contributed by atoms with van der Waals surface area (Å²) in [6.07, 6.45) is 0. The highest BCUT2D eigenvalue weighted by Gasteiger charge is 2.22. The molecule has 0 saturated carbocycles. The van der Waals surface area contributed by atoms with E-state index in [0.29, 0.717) is 5.95 Å². The van der Waals surface area contributed by atoms with Crippen molar-refractivity contribution in [3.63, 3.8) is 0 Å². The maximum Gasteiger partial charge on any atom is 0.235 e. The summed E-state index contributed by atoms with van der Waals surface area (Å²) in [5.74, 6) is 0.649. The number of fused-ring (bicyclic) bond motifs is 11. The van der Waals surface area contributed by atoms with Gasteiger partial charge in [0.05, 0.1) is 22.2 Å². The molecule has 0 fully saturated rings. The highest BCUT2D eigenvalue weighted by Crippen LogP contribution is 2.43. The molecule has 0 aliphatic heterocycles. The van der Waals surface area contributed by atoms with E-state index in [1.165, 1.54) is 30.9 Å². The van der Waals surface area contributed by atoms with Crippen LogP contribution in [0.25, 0.3) is 92.0 Å². The van der Waals surface area contributed by atoms with Crippen LogP contribution in [-0.2, 0) is 0 Å². The average Bonchev–Trinajstić information content (AvgIpc) is 3.73. The first-order valence-corrected chi connectivity index (χ1v) is 15.2. The SMILES string of the molecule is c1ccc2c(-c3cccc4c3oc3ccccc34)nc(-n3c4ccccc4c4ccc5sc6ccccc6c5c43)nc2c1. The van der Waals surface area contributed by atoms with Gasteiger partial charge in [-0.25, -0.2) is 9.97 Å². The lowest BCUT2D eigenvalue weighted by molar-refractivity contribution is 0.670. The van der Waals surface area contributed by atoms with Gasteiger partial charge in [-0.1, -0.05) is 91.0 Å². The molecule has 0 spiro atoms. The minimum Gasteiger partial charge on any atom is -0.455 e. The van der Waals surface area contributed by atoms with Gasteiger partial charge < -0.3 is 4.42 Å². The first-order chi connectivity index (χ1) is 21.3. The van der Waals surface area contributed by atoms with Gasteiger partial charge in [-0.2, -0.15) is 0 Å². The number of rotatable bonds is 2. The monoisotopic (exact) mass is 567 g/mol. The number of furan rings is 1. The summed E-state index contributed by atoms with van der Waals surface area (Å²) in [5.41, 5.74) is 6.65. The van der Waals surface area contributed by atoms with Crippen molar-refractivity contribution in [1.82, 2.24) is 14.5 Å². The molecule has 6 aromatic carbocycles. The van der Waals surface area contributed by atoms with Crippen LogP contribution in [0.4, 0.5) is 0 Å². The fraction of sp³-hybridized carbons (Fsp3) is 0. The first-order valence-electron chi connectivity index (χ1n) is 14.3. The predicted molar refractivity (Wildman–Crippen MR) is 179 cm³/mol. The molecule has 4 aromatic heterocycles. The molecule has 0 N–H and O–H groups in total. The molecule has 0 aliphatic rings. The minimum atomic E-state index is 0.649. The van der Waals surface area contributed by atoms with Crippen molar-refractivity contribution in [2.24, 2.45) is 0 Å². The summed E-state index contributed by atoms with van der Waals surface area (Å²) in [4.78, 5) is 10.6. The van der Waals surface area contributed by atoms with E-state index in [4.69, 9.17) is 14.4 Å². The number of aromatic nitrogens is 3. The molecule has 0 aliphatic carbocycles. The summed E-state index contributed by atoms with van der Waals surface area (Å²) < 4.78 is 11.3. The van der Waals surface area contributed by atoms with Crippen LogP contribution in [0.15, 0.2) is 132 Å². The Balaban J connectivity index is 1.38. The van der Waals surface area contributed by atoms with Crippen molar-refractivity contribution in [2.75, 3.05) is 0 Å². The standard InChI is InChI=1S/C38H21N3OS/c1-5-16-29-26(12-1)35(28-15-9-14-25-23-11-3-7-18-31(23)42-37(25)28)40-38(39-29)41-30-17-6-2-10-22(30)24-20-21-33-34(36(24)41)27-13-4-8-19-32(27)43-33/h1-21H. The second-order valence-corrected chi connectivity index (χ2v) is 12.0. The molecule has 43 heavy (non-hydrogen) atoms. The smallest absolute Gasteiger partial charge is 0.235 e. The largest absolute Gasteiger partial charge is 0.455 e. The van der Waals surface area contributed by atoms with Gasteiger partial charge in [0.15, 0.2) is 0 Å². The summed E-state index contributed by atoms with van der Waals surface area (Å²) in [6.45, 7) is 0. The Morgan fingerprint density at radius 3 is 2.21 bits per heavy atom. The second kappa shape index (κ2) is 8.51. The van der Waals surface area contributed by atoms with E-state index < -0.39 is 0 Å². The van der Waals surface area contributed by atoms with Crippen molar-refractivity contribution in [3.8, 4) is 17.2 Å². The van der Waals surface area contributed by atoms with Gasteiger partial charge in [-0.15, -0.1) is 11.3 Å². The van der Waals surface area contributed by atoms with Crippen LogP contribution in [0.5, 0.6) is 0 Å². The van der Waals surface area contributed by atoms with Crippen LogP contribution in [0.1, 0.15) is 0 Å². The maximum atomic E-state index is 6.49. The summed E-state index contributed by atoms with van der Waals surface area (Å²) in [7, 11) is 0. The summed E-state index contributed by atoms with van der Waals surface area (Å²) >= 11 is 1.83. The highest BCUT2D eigenvalue weighted by atomic mass is 32.1. The molecule has 0 unspecified atom stereocenters. The van der Waals surface area contributed by atoms with E-state index in [1.54, 1.807) is 0 Å². The molecule has 10 rings (SSSR count). The Labute approximate surface area is 249 Å². The Morgan fingerprint density at radius 2 is 1.28 bits per heavy atom. The van der Waals surface area contributed by atoms with Gasteiger partial charge >= 0.3 is 0 Å². The lowest BCUT2D eigenvalue weighted by Gasteiger charge is -2.12. The third-order valence-corrected chi connectivity index (χ3v) is 9.76. The molecule has 200 valence electrons. The van der Waals surface area contributed by atoms with E-state index >= 15 is 0 Å². The van der Waals surface area contributed by atoms with E-state index in [0.717, 1.165) is 55.1 Å². The lowest BCUT2D eigenvalue weighted by Crippen LogP contribution is -2.03. The molecule has 4 heterocycles. The zero-order valence-corrected chi connectivity index (χ0v) is 23.6. The molecule has 0 saturated heterocycles. The quantitative estimate of drug-likeness (QED) is 0.209. The number of thiophene rings is 1. The molecule has 5 heteroatoms. The number of hydrogen-bond donors (Lipinski definition) is 0. The van der Waals surface area contributed by atoms with Gasteiger partial charge in [0, 0.05) is 52.7 Å². The zero-order chi connectivity index (χ0) is 28.1. The van der Waals surface area contributed by atoms with Crippen LogP contribution in [0.2, 0.25) is 0 Å². The van der Waals surface area contributed by atoms with Crippen molar-refractivity contribution >= 4 is 86.2 Å². The molecular weight excluding hydrogens is 547 g/mol. The molecule has 0 amide bonds. The molecular formula is C38H21N3OS. The lowest BCUT2D eigenvalue weighted by atomic mass is 10.0. The van der Waals surface area contributed by atoms with Crippen LogP contribution < -0.4 is 0 Å². The van der Waals surface area contributed by atoms with Crippen LogP contribution in [0, 0.1) is 0 Å². The average molecular weight is 568 g/mol. The fourth-order valence-electron chi connectivity index (χ4n) is 6.78. The third kappa shape index (κ3) is 3.14. The molecule has 0 bridgehead atoms. The molecule has 0 radical (unpaired) electrons. The van der Waals surface area contributed by atoms with Crippen molar-refractivity contribution in [3.05, 3.63) is 127 Å². The Hall–Kier alpha value is -5.52. The first kappa shape index (κ1) is 23.1. The van der Waals surface area contributed by atoms with Gasteiger partial charge in [-0.05, 0) is 36.4 Å². The van der Waals surface area contributed by atoms with Gasteiger partial charge in [0.1, 0.15) is 11.2 Å². The molecule has 10 aromatic rings. The van der Waals surface area contributed by atoms with E-state index in [9.17, 15) is 0 Å². The van der Waals surface area contributed by atoms with Crippen molar-refractivity contribution in [1.29, 1.82) is 0 Å². The van der Waals surface area contributed by atoms with Crippen LogP contribution in [-0.4, -0.2) is 14.5 Å². The maximum absolute atomic E-state index is 6.49. The third-order valence-electron chi connectivity index (χ3n) is 8.63. The number of hydrogen-bond acceptors (Lipinski definition) is 4.